The van der Waals surface area contributed by atoms with E-state index in [-0.39, 0.29) is 36.1 Å². The van der Waals surface area contributed by atoms with Gasteiger partial charge in [0.15, 0.2) is 0 Å². The van der Waals surface area contributed by atoms with E-state index in [9.17, 15) is 24.9 Å². The predicted molar refractivity (Wildman–Crippen MR) is 193 cm³/mol. The number of aromatic hydroxyl groups is 1. The first-order valence-corrected chi connectivity index (χ1v) is 17.9. The average Bonchev–Trinajstić information content (AvgIpc) is 3.36. The molecule has 0 unspecified atom stereocenters. The largest absolute Gasteiger partial charge is 0.508 e. The summed E-state index contributed by atoms with van der Waals surface area (Å²) in [6.45, 7) is 6.26. The number of carbonyl (C=O) groups excluding carboxylic acids is 2. The van der Waals surface area contributed by atoms with Gasteiger partial charge in [0.1, 0.15) is 5.75 Å². The molecule has 49 heavy (non-hydrogen) atoms. The lowest BCUT2D eigenvalue weighted by Gasteiger charge is -2.38. The minimum absolute atomic E-state index is 0.0396. The molecule has 3 aromatic carbocycles. The van der Waals surface area contributed by atoms with Crippen molar-refractivity contribution in [1.82, 2.24) is 9.80 Å². The number of allylic oxidation sites excluding steroid dienone is 2. The minimum Gasteiger partial charge on any atom is -0.508 e. The molecule has 0 saturated carbocycles. The molecule has 2 aliphatic heterocycles. The van der Waals surface area contributed by atoms with Gasteiger partial charge in [0.05, 0.1) is 29.6 Å². The standard InChI is InChI=1S/C41H47ClN2O5/c1-26(2)33-23-34-39(41(49)44(40(34)48)31-17-19-43(20-18-31)24-27-9-5-3-6-10-27)35(25-45)38(33)37(47)16-14-29(28-11-7-4-8-12-28)21-30-13-15-32(46)22-36(30)42/h3-13,15,21-22,26,31,34-35,37,39,45-47H,14,16-20,23-25H2,1-2H3/b29-21-/t34-,35+,37-,39-/m1/s1. The van der Waals surface area contributed by atoms with Crippen molar-refractivity contribution < 1.29 is 24.9 Å². The van der Waals surface area contributed by atoms with Crippen molar-refractivity contribution in [3.8, 4) is 5.75 Å². The van der Waals surface area contributed by atoms with Gasteiger partial charge in [-0.25, -0.2) is 0 Å². The number of halogens is 1. The first-order chi connectivity index (χ1) is 23.7. The van der Waals surface area contributed by atoms with Gasteiger partial charge in [0.2, 0.25) is 11.8 Å². The van der Waals surface area contributed by atoms with Crippen LogP contribution in [0.3, 0.4) is 0 Å². The van der Waals surface area contributed by atoms with E-state index in [0.717, 1.165) is 60.3 Å². The van der Waals surface area contributed by atoms with E-state index >= 15 is 0 Å². The molecule has 0 spiro atoms. The van der Waals surface area contributed by atoms with E-state index in [2.05, 4.69) is 30.9 Å². The highest BCUT2D eigenvalue weighted by molar-refractivity contribution is 6.32. The molecule has 3 aliphatic rings. The van der Waals surface area contributed by atoms with E-state index in [4.69, 9.17) is 11.6 Å². The molecule has 7 nitrogen and oxygen atoms in total. The van der Waals surface area contributed by atoms with Crippen LogP contribution in [0.25, 0.3) is 11.6 Å². The fraction of sp³-hybridized carbons (Fsp3) is 0.415. The Hall–Kier alpha value is -3.75. The van der Waals surface area contributed by atoms with Crippen LogP contribution in [0, 0.1) is 23.7 Å². The number of imide groups is 1. The smallest absolute Gasteiger partial charge is 0.234 e. The number of hydrogen-bond acceptors (Lipinski definition) is 6. The normalized spacial score (nSPS) is 23.0. The van der Waals surface area contributed by atoms with Crippen LogP contribution in [0.5, 0.6) is 5.75 Å². The van der Waals surface area contributed by atoms with Crippen molar-refractivity contribution >= 4 is 35.1 Å². The van der Waals surface area contributed by atoms with Crippen molar-refractivity contribution in [2.45, 2.75) is 64.6 Å². The number of aliphatic hydroxyl groups is 2. The van der Waals surface area contributed by atoms with Gasteiger partial charge in [0.25, 0.3) is 0 Å². The maximum absolute atomic E-state index is 14.2. The Kier molecular flexibility index (Phi) is 11.0. The number of aliphatic hydroxyl groups excluding tert-OH is 2. The molecule has 2 fully saturated rings. The van der Waals surface area contributed by atoms with E-state index in [1.54, 1.807) is 12.1 Å². The van der Waals surface area contributed by atoms with E-state index in [1.165, 1.54) is 16.5 Å². The Bertz CT molecular complexity index is 1700. The zero-order valence-electron chi connectivity index (χ0n) is 28.3. The third-order valence-electron chi connectivity index (χ3n) is 10.7. The van der Waals surface area contributed by atoms with Crippen LogP contribution in [0.15, 0.2) is 90.0 Å². The number of amides is 2. The predicted octanol–water partition coefficient (Wildman–Crippen LogP) is 6.96. The summed E-state index contributed by atoms with van der Waals surface area (Å²) < 4.78 is 0. The monoisotopic (exact) mass is 682 g/mol. The zero-order valence-corrected chi connectivity index (χ0v) is 29.1. The number of hydrogen-bond donors (Lipinski definition) is 3. The highest BCUT2D eigenvalue weighted by Gasteiger charge is 2.56. The summed E-state index contributed by atoms with van der Waals surface area (Å²) in [4.78, 5) is 32.1. The Labute approximate surface area is 294 Å². The maximum atomic E-state index is 14.2. The summed E-state index contributed by atoms with van der Waals surface area (Å²) in [6.07, 6.45) is 3.82. The first kappa shape index (κ1) is 35.1. The van der Waals surface area contributed by atoms with Crippen molar-refractivity contribution in [3.05, 3.63) is 112 Å². The summed E-state index contributed by atoms with van der Waals surface area (Å²) in [7, 11) is 0. The van der Waals surface area contributed by atoms with Gasteiger partial charge >= 0.3 is 0 Å². The van der Waals surface area contributed by atoms with Crippen LogP contribution in [0.4, 0.5) is 0 Å². The van der Waals surface area contributed by atoms with Crippen molar-refractivity contribution in [3.63, 3.8) is 0 Å². The van der Waals surface area contributed by atoms with Crippen molar-refractivity contribution in [1.29, 1.82) is 0 Å². The molecule has 8 heteroatoms. The second-order valence-corrected chi connectivity index (χ2v) is 14.5. The van der Waals surface area contributed by atoms with Crippen LogP contribution >= 0.6 is 11.6 Å². The maximum Gasteiger partial charge on any atom is 0.234 e. The molecule has 6 rings (SSSR count). The Morgan fingerprint density at radius 2 is 1.63 bits per heavy atom. The number of phenolic OH excluding ortho intramolecular Hbond substituents is 1. The minimum atomic E-state index is -0.906. The third-order valence-corrected chi connectivity index (χ3v) is 11.1. The SMILES string of the molecule is CC(C)C1=C([C@H](O)CC/C(=C/c2ccc(O)cc2Cl)c2ccccc2)[C@H](CO)[C@@H]2C(=O)N(C3CCN(Cc4ccccc4)CC3)C(=O)[C@@H]2C1. The van der Waals surface area contributed by atoms with E-state index < -0.39 is 23.9 Å². The molecule has 258 valence electrons. The van der Waals surface area contributed by atoms with Gasteiger partial charge < -0.3 is 15.3 Å². The highest BCUT2D eigenvalue weighted by atomic mass is 35.5. The summed E-state index contributed by atoms with van der Waals surface area (Å²) in [5, 5.41) is 33.1. The first-order valence-electron chi connectivity index (χ1n) is 17.6. The Morgan fingerprint density at radius 1 is 0.959 bits per heavy atom. The molecule has 0 radical (unpaired) electrons. The van der Waals surface area contributed by atoms with Gasteiger partial charge in [-0.3, -0.25) is 19.4 Å². The fourth-order valence-corrected chi connectivity index (χ4v) is 8.46. The fourth-order valence-electron chi connectivity index (χ4n) is 8.23. The average molecular weight is 683 g/mol. The zero-order chi connectivity index (χ0) is 34.7. The molecule has 3 N–H and O–H groups in total. The van der Waals surface area contributed by atoms with Gasteiger partial charge in [-0.05, 0) is 90.1 Å². The molecule has 4 atom stereocenters. The molecular formula is C41H47ClN2O5. The molecule has 1 aliphatic carbocycles. The van der Waals surface area contributed by atoms with Crippen LogP contribution in [0.1, 0.15) is 62.6 Å². The molecule has 0 aromatic heterocycles. The van der Waals surface area contributed by atoms with E-state index in [1.807, 2.05) is 54.6 Å². The number of likely N-dealkylation sites (tertiary alicyclic amines) is 2. The second-order valence-electron chi connectivity index (χ2n) is 14.1. The lowest BCUT2D eigenvalue weighted by Crippen LogP contribution is -2.47. The molecule has 3 aromatic rings. The van der Waals surface area contributed by atoms with Crippen LogP contribution in [-0.2, 0) is 16.1 Å². The van der Waals surface area contributed by atoms with Crippen LogP contribution in [-0.4, -0.2) is 68.8 Å². The number of benzene rings is 3. The summed E-state index contributed by atoms with van der Waals surface area (Å²) in [5.41, 5.74) is 5.64. The molecule has 2 saturated heterocycles. The Morgan fingerprint density at radius 3 is 2.27 bits per heavy atom. The molecular weight excluding hydrogens is 636 g/mol. The summed E-state index contributed by atoms with van der Waals surface area (Å²) in [6, 6.07) is 24.9. The third kappa shape index (κ3) is 7.56. The Balaban J connectivity index is 1.21. The van der Waals surface area contributed by atoms with Gasteiger partial charge in [0, 0.05) is 31.6 Å². The lowest BCUT2D eigenvalue weighted by molar-refractivity contribution is -0.144. The van der Waals surface area contributed by atoms with Gasteiger partial charge in [-0.1, -0.05) is 91.7 Å². The molecule has 0 bridgehead atoms. The van der Waals surface area contributed by atoms with Crippen molar-refractivity contribution in [2.24, 2.45) is 23.7 Å². The van der Waals surface area contributed by atoms with E-state index in [0.29, 0.717) is 24.3 Å². The summed E-state index contributed by atoms with van der Waals surface area (Å²) in [5.74, 6) is -2.01. The lowest BCUT2D eigenvalue weighted by atomic mass is 9.66. The summed E-state index contributed by atoms with van der Waals surface area (Å²) >= 11 is 6.47. The van der Waals surface area contributed by atoms with Crippen LogP contribution < -0.4 is 0 Å². The second kappa shape index (κ2) is 15.4. The topological polar surface area (TPSA) is 101 Å². The number of rotatable bonds is 11. The quantitative estimate of drug-likeness (QED) is 0.115. The van der Waals surface area contributed by atoms with Crippen molar-refractivity contribution in [2.75, 3.05) is 19.7 Å². The number of phenols is 1. The number of fused-ring (bicyclic) bond motifs is 1. The molecule has 2 heterocycles. The molecule has 2 amide bonds. The van der Waals surface area contributed by atoms with Gasteiger partial charge in [-0.15, -0.1) is 0 Å². The number of carbonyl (C=O) groups is 2. The number of nitrogens with zero attached hydrogens (tertiary/aromatic N) is 2. The highest BCUT2D eigenvalue weighted by Crippen LogP contribution is 2.49. The van der Waals surface area contributed by atoms with Gasteiger partial charge in [-0.2, -0.15) is 0 Å². The number of piperidine rings is 1. The van der Waals surface area contributed by atoms with Crippen LogP contribution in [0.2, 0.25) is 5.02 Å².